The van der Waals surface area contributed by atoms with Gasteiger partial charge in [-0.15, -0.1) is 0 Å². The SMILES string of the molecule is CCCc1n[nH]c(=S)n1C1CCCN(CC)C1. The van der Waals surface area contributed by atoms with Crippen molar-refractivity contribution in [1.29, 1.82) is 0 Å². The summed E-state index contributed by atoms with van der Waals surface area (Å²) in [5.41, 5.74) is 0. The number of nitrogens with one attached hydrogen (secondary N) is 1. The first-order chi connectivity index (χ1) is 8.26. The molecule has 0 amide bonds. The number of piperidine rings is 1. The Morgan fingerprint density at radius 3 is 3.00 bits per heavy atom. The van der Waals surface area contributed by atoms with Gasteiger partial charge < -0.3 is 4.90 Å². The predicted octanol–water partition coefficient (Wildman–Crippen LogP) is 2.55. The summed E-state index contributed by atoms with van der Waals surface area (Å²) in [5.74, 6) is 1.13. The van der Waals surface area contributed by atoms with E-state index in [0.29, 0.717) is 6.04 Å². The van der Waals surface area contributed by atoms with Gasteiger partial charge in [0.1, 0.15) is 5.82 Å². The second-order valence-electron chi connectivity index (χ2n) is 4.75. The molecule has 0 aromatic carbocycles. The van der Waals surface area contributed by atoms with Crippen molar-refractivity contribution in [2.24, 2.45) is 0 Å². The molecular weight excluding hydrogens is 232 g/mol. The minimum Gasteiger partial charge on any atom is -0.302 e. The molecule has 1 aromatic rings. The van der Waals surface area contributed by atoms with Crippen molar-refractivity contribution >= 4 is 12.2 Å². The van der Waals surface area contributed by atoms with Crippen LogP contribution in [0, 0.1) is 4.77 Å². The van der Waals surface area contributed by atoms with Crippen molar-refractivity contribution in [3.05, 3.63) is 10.6 Å². The van der Waals surface area contributed by atoms with Gasteiger partial charge in [-0.1, -0.05) is 13.8 Å². The average molecular weight is 254 g/mol. The minimum atomic E-state index is 0.511. The fourth-order valence-electron chi connectivity index (χ4n) is 2.64. The van der Waals surface area contributed by atoms with Gasteiger partial charge in [-0.3, -0.25) is 9.67 Å². The molecule has 2 rings (SSSR count). The summed E-state index contributed by atoms with van der Waals surface area (Å²) < 4.78 is 3.04. The average Bonchev–Trinajstić information content (AvgIpc) is 2.71. The first-order valence-corrected chi connectivity index (χ1v) is 7.05. The largest absolute Gasteiger partial charge is 0.302 e. The quantitative estimate of drug-likeness (QED) is 0.839. The van der Waals surface area contributed by atoms with Crippen LogP contribution in [0.15, 0.2) is 0 Å². The molecule has 1 aliphatic heterocycles. The monoisotopic (exact) mass is 254 g/mol. The number of likely N-dealkylation sites (N-methyl/N-ethyl adjacent to an activating group) is 1. The molecule has 1 aromatic heterocycles. The Balaban J connectivity index is 2.20. The molecule has 0 spiro atoms. The number of likely N-dealkylation sites (tertiary alicyclic amines) is 1. The molecule has 1 saturated heterocycles. The van der Waals surface area contributed by atoms with Gasteiger partial charge in [-0.2, -0.15) is 5.10 Å². The van der Waals surface area contributed by atoms with E-state index in [4.69, 9.17) is 12.2 Å². The van der Waals surface area contributed by atoms with Crippen molar-refractivity contribution in [2.45, 2.75) is 45.6 Å². The van der Waals surface area contributed by atoms with Crippen LogP contribution in [0.2, 0.25) is 0 Å². The molecule has 0 radical (unpaired) electrons. The van der Waals surface area contributed by atoms with E-state index in [-0.39, 0.29) is 0 Å². The van der Waals surface area contributed by atoms with Crippen LogP contribution in [0.1, 0.15) is 45.0 Å². The molecule has 1 unspecified atom stereocenters. The molecule has 0 bridgehead atoms. The van der Waals surface area contributed by atoms with Crippen molar-refractivity contribution in [3.63, 3.8) is 0 Å². The topological polar surface area (TPSA) is 36.9 Å². The van der Waals surface area contributed by atoms with Crippen molar-refractivity contribution in [1.82, 2.24) is 19.7 Å². The standard InChI is InChI=1S/C12H22N4S/c1-3-6-11-13-14-12(17)16(11)10-7-5-8-15(4-2)9-10/h10H,3-9H2,1-2H3,(H,14,17). The molecule has 1 aliphatic rings. The molecule has 0 saturated carbocycles. The Kier molecular flexibility index (Phi) is 4.34. The molecule has 2 heterocycles. The van der Waals surface area contributed by atoms with E-state index in [1.807, 2.05) is 0 Å². The molecule has 1 N–H and O–H groups in total. The maximum atomic E-state index is 5.37. The smallest absolute Gasteiger partial charge is 0.195 e. The number of aromatic nitrogens is 3. The van der Waals surface area contributed by atoms with Gasteiger partial charge in [0.25, 0.3) is 0 Å². The Labute approximate surface area is 108 Å². The maximum absolute atomic E-state index is 5.37. The zero-order valence-electron chi connectivity index (χ0n) is 10.8. The summed E-state index contributed by atoms with van der Waals surface area (Å²) in [4.78, 5) is 2.50. The van der Waals surface area contributed by atoms with Crippen LogP contribution in [0.4, 0.5) is 0 Å². The lowest BCUT2D eigenvalue weighted by Crippen LogP contribution is -2.36. The van der Waals surface area contributed by atoms with Gasteiger partial charge in [0, 0.05) is 13.0 Å². The molecule has 4 nitrogen and oxygen atoms in total. The van der Waals surface area contributed by atoms with Crippen molar-refractivity contribution in [3.8, 4) is 0 Å². The Bertz CT molecular complexity index is 409. The fraction of sp³-hybridized carbons (Fsp3) is 0.833. The molecule has 5 heteroatoms. The van der Waals surface area contributed by atoms with Gasteiger partial charge in [0.2, 0.25) is 0 Å². The van der Waals surface area contributed by atoms with Crippen LogP contribution in [0.3, 0.4) is 0 Å². The van der Waals surface area contributed by atoms with Crippen molar-refractivity contribution < 1.29 is 0 Å². The second kappa shape index (κ2) is 5.78. The summed E-state index contributed by atoms with van der Waals surface area (Å²) in [5, 5.41) is 7.31. The predicted molar refractivity (Wildman–Crippen MR) is 71.8 cm³/mol. The number of hydrogen-bond acceptors (Lipinski definition) is 3. The third kappa shape index (κ3) is 2.77. The lowest BCUT2D eigenvalue weighted by atomic mass is 10.1. The Morgan fingerprint density at radius 1 is 1.47 bits per heavy atom. The van der Waals surface area contributed by atoms with Gasteiger partial charge in [0.15, 0.2) is 4.77 Å². The highest BCUT2D eigenvalue weighted by Gasteiger charge is 2.22. The second-order valence-corrected chi connectivity index (χ2v) is 5.14. The van der Waals surface area contributed by atoms with E-state index in [2.05, 4.69) is 33.5 Å². The fourth-order valence-corrected chi connectivity index (χ4v) is 2.94. The lowest BCUT2D eigenvalue weighted by Gasteiger charge is -2.32. The van der Waals surface area contributed by atoms with Gasteiger partial charge in [-0.05, 0) is 44.6 Å². The zero-order chi connectivity index (χ0) is 12.3. The normalized spacial score (nSPS) is 21.9. The maximum Gasteiger partial charge on any atom is 0.195 e. The molecule has 1 fully saturated rings. The number of aryl methyl sites for hydroxylation is 1. The lowest BCUT2D eigenvalue weighted by molar-refractivity contribution is 0.182. The molecule has 17 heavy (non-hydrogen) atoms. The number of rotatable bonds is 4. The third-order valence-corrected chi connectivity index (χ3v) is 3.83. The highest BCUT2D eigenvalue weighted by atomic mass is 32.1. The van der Waals surface area contributed by atoms with Gasteiger partial charge in [-0.25, -0.2) is 0 Å². The van der Waals surface area contributed by atoms with E-state index < -0.39 is 0 Å². The summed E-state index contributed by atoms with van der Waals surface area (Å²) in [6.45, 7) is 7.87. The number of hydrogen-bond donors (Lipinski definition) is 1. The van der Waals surface area contributed by atoms with E-state index >= 15 is 0 Å². The molecule has 0 aliphatic carbocycles. The highest BCUT2D eigenvalue weighted by molar-refractivity contribution is 7.71. The zero-order valence-corrected chi connectivity index (χ0v) is 11.6. The van der Waals surface area contributed by atoms with Crippen LogP contribution in [-0.2, 0) is 6.42 Å². The highest BCUT2D eigenvalue weighted by Crippen LogP contribution is 2.23. The van der Waals surface area contributed by atoms with Crippen LogP contribution >= 0.6 is 12.2 Å². The van der Waals surface area contributed by atoms with E-state index in [0.717, 1.165) is 36.5 Å². The summed E-state index contributed by atoms with van der Waals surface area (Å²) in [6, 6.07) is 0.511. The first-order valence-electron chi connectivity index (χ1n) is 6.64. The summed E-state index contributed by atoms with van der Waals surface area (Å²) >= 11 is 5.37. The van der Waals surface area contributed by atoms with E-state index in [9.17, 15) is 0 Å². The third-order valence-electron chi connectivity index (χ3n) is 3.54. The van der Waals surface area contributed by atoms with Crippen LogP contribution < -0.4 is 0 Å². The number of H-pyrrole nitrogens is 1. The molecule has 96 valence electrons. The first kappa shape index (κ1) is 12.8. The van der Waals surface area contributed by atoms with Crippen LogP contribution in [-0.4, -0.2) is 39.3 Å². The van der Waals surface area contributed by atoms with Crippen molar-refractivity contribution in [2.75, 3.05) is 19.6 Å². The van der Waals surface area contributed by atoms with Gasteiger partial charge >= 0.3 is 0 Å². The van der Waals surface area contributed by atoms with E-state index in [1.54, 1.807) is 0 Å². The molecular formula is C12H22N4S. The number of nitrogens with zero attached hydrogens (tertiary/aromatic N) is 3. The van der Waals surface area contributed by atoms with Gasteiger partial charge in [0.05, 0.1) is 6.04 Å². The molecule has 1 atom stereocenters. The van der Waals surface area contributed by atoms with E-state index in [1.165, 1.54) is 19.4 Å². The minimum absolute atomic E-state index is 0.511. The summed E-state index contributed by atoms with van der Waals surface area (Å²) in [7, 11) is 0. The van der Waals surface area contributed by atoms with Crippen LogP contribution in [0.25, 0.3) is 0 Å². The summed E-state index contributed by atoms with van der Waals surface area (Å²) in [6.07, 6.45) is 4.61. The Morgan fingerprint density at radius 2 is 2.29 bits per heavy atom. The number of aromatic amines is 1. The van der Waals surface area contributed by atoms with Crippen LogP contribution in [0.5, 0.6) is 0 Å². The Hall–Kier alpha value is -0.680.